The largest absolute Gasteiger partial charge is 0.433 e. The molecule has 2 atom stereocenters. The van der Waals surface area contributed by atoms with E-state index in [1.165, 1.54) is 12.3 Å². The number of oxime groups is 1. The van der Waals surface area contributed by atoms with E-state index in [0.717, 1.165) is 12.6 Å². The highest BCUT2D eigenvalue weighted by atomic mass is 19.4. The predicted octanol–water partition coefficient (Wildman–Crippen LogP) is 1.42. The molecule has 0 aliphatic carbocycles. The van der Waals surface area contributed by atoms with Crippen molar-refractivity contribution in [2.45, 2.75) is 12.3 Å². The zero-order valence-corrected chi connectivity index (χ0v) is 9.24. The Morgan fingerprint density at radius 3 is 2.78 bits per heavy atom. The molecule has 3 rings (SSSR count). The Balaban J connectivity index is 1.86. The van der Waals surface area contributed by atoms with Crippen molar-refractivity contribution in [2.75, 3.05) is 13.1 Å². The number of halogens is 3. The van der Waals surface area contributed by atoms with Gasteiger partial charge < -0.3 is 10.2 Å². The number of alkyl halides is 3. The molecular weight excluding hydrogens is 247 g/mol. The minimum absolute atomic E-state index is 0.0118. The van der Waals surface area contributed by atoms with E-state index in [2.05, 4.69) is 15.5 Å². The van der Waals surface area contributed by atoms with E-state index < -0.39 is 11.9 Å². The van der Waals surface area contributed by atoms with Gasteiger partial charge in [-0.25, -0.2) is 0 Å². The minimum Gasteiger partial charge on any atom is -0.390 e. The number of hydrogen-bond donors (Lipinski definition) is 1. The summed E-state index contributed by atoms with van der Waals surface area (Å²) in [6, 6.07) is 2.35. The number of pyridine rings is 1. The fraction of sp³-hybridized carbons (Fsp3) is 0.455. The van der Waals surface area contributed by atoms with Gasteiger partial charge in [-0.2, -0.15) is 13.2 Å². The Kier molecular flexibility index (Phi) is 2.51. The summed E-state index contributed by atoms with van der Waals surface area (Å²) in [7, 11) is 0. The van der Waals surface area contributed by atoms with Crippen LogP contribution in [0.2, 0.25) is 0 Å². The van der Waals surface area contributed by atoms with E-state index in [1.807, 2.05) is 0 Å². The van der Waals surface area contributed by atoms with E-state index >= 15 is 0 Å². The lowest BCUT2D eigenvalue weighted by Crippen LogP contribution is -2.22. The lowest BCUT2D eigenvalue weighted by molar-refractivity contribution is -0.141. The predicted molar refractivity (Wildman–Crippen MR) is 57.0 cm³/mol. The standard InChI is InChI=1S/C11H10F3N3O/c12-11(13,14)9-2-1-6(3-16-9)10-7-4-15-5-8(7)18-17-10/h1-3,7-8,15H,4-5H2/t7-,8+/m0/s1. The summed E-state index contributed by atoms with van der Waals surface area (Å²) in [4.78, 5) is 8.64. The van der Waals surface area contributed by atoms with Crippen molar-refractivity contribution in [1.29, 1.82) is 0 Å². The highest BCUT2D eigenvalue weighted by Crippen LogP contribution is 2.29. The number of hydrogen-bond acceptors (Lipinski definition) is 4. The molecule has 2 aliphatic heterocycles. The zero-order chi connectivity index (χ0) is 12.8. The monoisotopic (exact) mass is 257 g/mol. The lowest BCUT2D eigenvalue weighted by Gasteiger charge is -2.09. The molecule has 0 spiro atoms. The molecule has 7 heteroatoms. The Hall–Kier alpha value is -1.63. The number of rotatable bonds is 1. The average Bonchev–Trinajstić information content (AvgIpc) is 2.89. The maximum Gasteiger partial charge on any atom is 0.433 e. The van der Waals surface area contributed by atoms with Crippen molar-refractivity contribution < 1.29 is 18.0 Å². The molecule has 0 saturated carbocycles. The fourth-order valence-electron chi connectivity index (χ4n) is 2.21. The third-order valence-corrected chi connectivity index (χ3v) is 3.15. The van der Waals surface area contributed by atoms with Crippen LogP contribution in [0.4, 0.5) is 13.2 Å². The Morgan fingerprint density at radius 1 is 1.28 bits per heavy atom. The second kappa shape index (κ2) is 3.94. The van der Waals surface area contributed by atoms with Crippen LogP contribution in [0, 0.1) is 5.92 Å². The van der Waals surface area contributed by atoms with Crippen molar-refractivity contribution in [3.8, 4) is 0 Å². The lowest BCUT2D eigenvalue weighted by atomic mass is 9.96. The maximum atomic E-state index is 12.4. The van der Waals surface area contributed by atoms with E-state index in [1.54, 1.807) is 0 Å². The molecule has 1 fully saturated rings. The molecular formula is C11H10F3N3O. The van der Waals surface area contributed by atoms with Crippen LogP contribution in [0.15, 0.2) is 23.5 Å². The van der Waals surface area contributed by atoms with Gasteiger partial charge in [-0.1, -0.05) is 5.16 Å². The molecule has 18 heavy (non-hydrogen) atoms. The first-order chi connectivity index (χ1) is 8.55. The van der Waals surface area contributed by atoms with Crippen molar-refractivity contribution in [3.63, 3.8) is 0 Å². The molecule has 3 heterocycles. The van der Waals surface area contributed by atoms with Crippen LogP contribution in [0.3, 0.4) is 0 Å². The normalized spacial score (nSPS) is 26.7. The molecule has 4 nitrogen and oxygen atoms in total. The van der Waals surface area contributed by atoms with Gasteiger partial charge in [-0.05, 0) is 12.1 Å². The summed E-state index contributed by atoms with van der Waals surface area (Å²) >= 11 is 0. The molecule has 1 saturated heterocycles. The maximum absolute atomic E-state index is 12.4. The summed E-state index contributed by atoms with van der Waals surface area (Å²) in [6.45, 7) is 1.44. The van der Waals surface area contributed by atoms with Crippen LogP contribution >= 0.6 is 0 Å². The molecule has 96 valence electrons. The highest BCUT2D eigenvalue weighted by Gasteiger charge is 2.39. The van der Waals surface area contributed by atoms with Crippen molar-refractivity contribution in [2.24, 2.45) is 11.1 Å². The van der Waals surface area contributed by atoms with E-state index in [-0.39, 0.29) is 12.0 Å². The van der Waals surface area contributed by atoms with E-state index in [9.17, 15) is 13.2 Å². The molecule has 0 aromatic carbocycles. The van der Waals surface area contributed by atoms with Gasteiger partial charge in [0, 0.05) is 24.8 Å². The molecule has 0 radical (unpaired) electrons. The van der Waals surface area contributed by atoms with Gasteiger partial charge in [-0.3, -0.25) is 4.98 Å². The van der Waals surface area contributed by atoms with Crippen LogP contribution in [-0.4, -0.2) is 29.9 Å². The average molecular weight is 257 g/mol. The molecule has 1 N–H and O–H groups in total. The zero-order valence-electron chi connectivity index (χ0n) is 9.24. The van der Waals surface area contributed by atoms with E-state index in [0.29, 0.717) is 17.8 Å². The highest BCUT2D eigenvalue weighted by molar-refractivity contribution is 6.03. The van der Waals surface area contributed by atoms with Gasteiger partial charge in [0.15, 0.2) is 0 Å². The summed E-state index contributed by atoms with van der Waals surface area (Å²) in [5.74, 6) is 0.100. The van der Waals surface area contributed by atoms with Crippen LogP contribution in [0.5, 0.6) is 0 Å². The summed E-state index contributed by atoms with van der Waals surface area (Å²) in [6.07, 6.45) is -3.22. The summed E-state index contributed by atoms with van der Waals surface area (Å²) in [5.41, 5.74) is 0.359. The number of fused-ring (bicyclic) bond motifs is 1. The molecule has 0 amide bonds. The smallest absolute Gasteiger partial charge is 0.390 e. The minimum atomic E-state index is -4.41. The topological polar surface area (TPSA) is 46.5 Å². The van der Waals surface area contributed by atoms with Crippen LogP contribution in [-0.2, 0) is 11.0 Å². The van der Waals surface area contributed by atoms with Crippen molar-refractivity contribution in [1.82, 2.24) is 10.3 Å². The second-order valence-corrected chi connectivity index (χ2v) is 4.32. The van der Waals surface area contributed by atoms with Gasteiger partial charge in [0.2, 0.25) is 0 Å². The molecule has 2 aliphatic rings. The third-order valence-electron chi connectivity index (χ3n) is 3.15. The van der Waals surface area contributed by atoms with Crippen molar-refractivity contribution >= 4 is 5.71 Å². The van der Waals surface area contributed by atoms with Gasteiger partial charge in [0.05, 0.1) is 11.6 Å². The summed E-state index contributed by atoms with van der Waals surface area (Å²) in [5, 5.41) is 7.09. The van der Waals surface area contributed by atoms with Gasteiger partial charge in [0.1, 0.15) is 11.8 Å². The molecule has 1 aromatic heterocycles. The first-order valence-corrected chi connectivity index (χ1v) is 5.54. The second-order valence-electron chi connectivity index (χ2n) is 4.32. The van der Waals surface area contributed by atoms with Gasteiger partial charge in [-0.15, -0.1) is 0 Å². The Bertz CT molecular complexity index is 483. The number of nitrogens with zero attached hydrogens (tertiary/aromatic N) is 2. The van der Waals surface area contributed by atoms with Crippen molar-refractivity contribution in [3.05, 3.63) is 29.6 Å². The molecule has 0 unspecified atom stereocenters. The van der Waals surface area contributed by atoms with E-state index in [4.69, 9.17) is 4.84 Å². The van der Waals surface area contributed by atoms with Crippen LogP contribution in [0.25, 0.3) is 0 Å². The number of aromatic nitrogens is 1. The van der Waals surface area contributed by atoms with Gasteiger partial charge in [0.25, 0.3) is 0 Å². The first kappa shape index (κ1) is 11.5. The van der Waals surface area contributed by atoms with Crippen LogP contribution in [0.1, 0.15) is 11.3 Å². The van der Waals surface area contributed by atoms with Crippen LogP contribution < -0.4 is 5.32 Å². The first-order valence-electron chi connectivity index (χ1n) is 5.54. The fourth-order valence-corrected chi connectivity index (χ4v) is 2.21. The number of nitrogens with one attached hydrogen (secondary N) is 1. The quantitative estimate of drug-likeness (QED) is 0.827. The molecule has 1 aromatic rings. The molecule has 0 bridgehead atoms. The SMILES string of the molecule is FC(F)(F)c1ccc(C2=NO[C@@H]3CNC[C@H]23)cn1. The Labute approximate surface area is 101 Å². The Morgan fingerprint density at radius 2 is 2.11 bits per heavy atom. The summed E-state index contributed by atoms with van der Waals surface area (Å²) < 4.78 is 37.2. The van der Waals surface area contributed by atoms with Gasteiger partial charge >= 0.3 is 6.18 Å². The third kappa shape index (κ3) is 1.84.